The fraction of sp³-hybridized carbons (Fsp3) is 0.455. The number of fused-ring (bicyclic) bond motifs is 1. The Balaban J connectivity index is 1.39. The van der Waals surface area contributed by atoms with E-state index in [-0.39, 0.29) is 17.9 Å². The van der Waals surface area contributed by atoms with Crippen molar-refractivity contribution in [3.63, 3.8) is 0 Å². The number of alkyl halides is 3. The monoisotopic (exact) mass is 474 g/mol. The summed E-state index contributed by atoms with van der Waals surface area (Å²) >= 11 is 0. The molecule has 0 aromatic carbocycles. The maximum absolute atomic E-state index is 13.3. The Labute approximate surface area is 193 Å². The van der Waals surface area contributed by atoms with Gasteiger partial charge in [-0.05, 0) is 25.7 Å². The number of aromatic nitrogens is 7. The van der Waals surface area contributed by atoms with Crippen molar-refractivity contribution >= 4 is 16.7 Å². The van der Waals surface area contributed by atoms with Gasteiger partial charge in [-0.25, -0.2) is 4.98 Å². The van der Waals surface area contributed by atoms with Crippen molar-refractivity contribution in [2.45, 2.75) is 44.0 Å². The minimum absolute atomic E-state index is 0.0934. The summed E-state index contributed by atoms with van der Waals surface area (Å²) in [5, 5.41) is 16.7. The third-order valence-electron chi connectivity index (χ3n) is 6.17. The van der Waals surface area contributed by atoms with Crippen LogP contribution in [0, 0.1) is 0 Å². The number of rotatable bonds is 5. The fourth-order valence-electron chi connectivity index (χ4n) is 4.54. The van der Waals surface area contributed by atoms with Crippen LogP contribution in [0.15, 0.2) is 30.9 Å². The summed E-state index contributed by atoms with van der Waals surface area (Å²) < 4.78 is 50.4. The number of nitrogens with zero attached hydrogens (tertiary/aromatic N) is 7. The SMILES string of the molecule is CNc1cc2c(cn1)c(-c1cnn(C)c1)nn2[C@H]1CC[C@@H](Oc2cn(C)nc2C(F)(F)F)CC1. The molecule has 9 nitrogen and oxygen atoms in total. The number of halogens is 3. The molecular weight excluding hydrogens is 449 g/mol. The molecule has 0 aliphatic heterocycles. The van der Waals surface area contributed by atoms with Crippen molar-refractivity contribution in [3.05, 3.63) is 36.5 Å². The zero-order chi connectivity index (χ0) is 24.0. The van der Waals surface area contributed by atoms with Crippen LogP contribution in [0.4, 0.5) is 19.0 Å². The van der Waals surface area contributed by atoms with Crippen LogP contribution < -0.4 is 10.1 Å². The van der Waals surface area contributed by atoms with E-state index in [9.17, 15) is 13.2 Å². The molecule has 1 N–H and O–H groups in total. The smallest absolute Gasteiger partial charge is 0.438 e. The van der Waals surface area contributed by atoms with Gasteiger partial charge in [0.15, 0.2) is 5.75 Å². The number of hydrogen-bond donors (Lipinski definition) is 1. The second-order valence-corrected chi connectivity index (χ2v) is 8.59. The molecule has 1 aliphatic carbocycles. The third-order valence-corrected chi connectivity index (χ3v) is 6.17. The molecule has 34 heavy (non-hydrogen) atoms. The Kier molecular flexibility index (Phi) is 5.45. The van der Waals surface area contributed by atoms with Crippen molar-refractivity contribution in [3.8, 4) is 17.0 Å². The minimum atomic E-state index is -4.55. The highest BCUT2D eigenvalue weighted by Gasteiger charge is 2.39. The van der Waals surface area contributed by atoms with E-state index >= 15 is 0 Å². The summed E-state index contributed by atoms with van der Waals surface area (Å²) in [5.74, 6) is 0.520. The van der Waals surface area contributed by atoms with Gasteiger partial charge in [0, 0.05) is 50.6 Å². The van der Waals surface area contributed by atoms with Gasteiger partial charge in [0.05, 0.1) is 30.1 Å². The van der Waals surface area contributed by atoms with Crippen molar-refractivity contribution in [1.82, 2.24) is 34.3 Å². The number of aryl methyl sites for hydroxylation is 2. The molecule has 4 aromatic heterocycles. The molecule has 1 aliphatic rings. The molecule has 5 rings (SSSR count). The molecule has 0 bridgehead atoms. The second-order valence-electron chi connectivity index (χ2n) is 8.59. The van der Waals surface area contributed by atoms with E-state index in [1.807, 2.05) is 37.2 Å². The number of ether oxygens (including phenoxy) is 1. The van der Waals surface area contributed by atoms with E-state index in [1.165, 1.54) is 13.2 Å². The molecule has 180 valence electrons. The highest BCUT2D eigenvalue weighted by molar-refractivity contribution is 5.93. The van der Waals surface area contributed by atoms with Crippen LogP contribution in [0.3, 0.4) is 0 Å². The van der Waals surface area contributed by atoms with Crippen LogP contribution in [0.5, 0.6) is 5.75 Å². The van der Waals surface area contributed by atoms with E-state index in [0.29, 0.717) is 12.8 Å². The van der Waals surface area contributed by atoms with Gasteiger partial charge < -0.3 is 10.1 Å². The van der Waals surface area contributed by atoms with E-state index in [2.05, 4.69) is 20.5 Å². The first-order valence-corrected chi connectivity index (χ1v) is 11.1. The van der Waals surface area contributed by atoms with Crippen molar-refractivity contribution in [2.24, 2.45) is 14.1 Å². The Hall–Kier alpha value is -3.57. The van der Waals surface area contributed by atoms with Gasteiger partial charge in [0.2, 0.25) is 5.69 Å². The molecule has 0 radical (unpaired) electrons. The number of pyridine rings is 1. The Morgan fingerprint density at radius 2 is 1.79 bits per heavy atom. The Morgan fingerprint density at radius 1 is 1.03 bits per heavy atom. The summed E-state index contributed by atoms with van der Waals surface area (Å²) in [6.45, 7) is 0. The van der Waals surface area contributed by atoms with Crippen LogP contribution in [0.1, 0.15) is 37.4 Å². The average molecular weight is 474 g/mol. The first-order valence-electron chi connectivity index (χ1n) is 11.1. The standard InChI is InChI=1S/C22H25F3N8O/c1-26-19-8-17-16(10-27-19)20(13-9-28-31(2)11-13)29-33(17)14-4-6-15(7-5-14)34-18-12-32(3)30-21(18)22(23,24)25/h8-12,14-15H,4-7H2,1-3H3,(H,26,27)/t14-,15+. The first-order chi connectivity index (χ1) is 16.2. The molecule has 0 amide bonds. The lowest BCUT2D eigenvalue weighted by Crippen LogP contribution is -2.27. The summed E-state index contributed by atoms with van der Waals surface area (Å²) in [6, 6.07) is 2.06. The second kappa shape index (κ2) is 8.33. The third kappa shape index (κ3) is 4.08. The predicted octanol–water partition coefficient (Wildman–Crippen LogP) is 4.19. The van der Waals surface area contributed by atoms with Gasteiger partial charge in [-0.3, -0.25) is 14.0 Å². The topological polar surface area (TPSA) is 87.6 Å². The van der Waals surface area contributed by atoms with Crippen LogP contribution in [0.25, 0.3) is 22.2 Å². The average Bonchev–Trinajstić information content (AvgIpc) is 3.50. The van der Waals surface area contributed by atoms with Crippen molar-refractivity contribution in [2.75, 3.05) is 12.4 Å². The number of hydrogen-bond acceptors (Lipinski definition) is 6. The quantitative estimate of drug-likeness (QED) is 0.467. The predicted molar refractivity (Wildman–Crippen MR) is 119 cm³/mol. The molecule has 1 saturated carbocycles. The lowest BCUT2D eigenvalue weighted by atomic mass is 9.93. The van der Waals surface area contributed by atoms with E-state index in [1.54, 1.807) is 10.9 Å². The van der Waals surface area contributed by atoms with E-state index in [0.717, 1.165) is 45.5 Å². The molecule has 4 aromatic rings. The fourth-order valence-corrected chi connectivity index (χ4v) is 4.54. The maximum atomic E-state index is 13.3. The Bertz CT molecular complexity index is 1310. The van der Waals surface area contributed by atoms with Crippen molar-refractivity contribution < 1.29 is 17.9 Å². The van der Waals surface area contributed by atoms with Gasteiger partial charge >= 0.3 is 6.18 Å². The van der Waals surface area contributed by atoms with Gasteiger partial charge in [-0.15, -0.1) is 0 Å². The van der Waals surface area contributed by atoms with Crippen LogP contribution in [-0.4, -0.2) is 47.5 Å². The normalized spacial score (nSPS) is 19.0. The minimum Gasteiger partial charge on any atom is -0.486 e. The summed E-state index contributed by atoms with van der Waals surface area (Å²) in [4.78, 5) is 4.45. The van der Waals surface area contributed by atoms with Crippen molar-refractivity contribution in [1.29, 1.82) is 0 Å². The van der Waals surface area contributed by atoms with Gasteiger partial charge in [0.1, 0.15) is 11.5 Å². The molecule has 0 atom stereocenters. The van der Waals surface area contributed by atoms with Crippen LogP contribution in [0.2, 0.25) is 0 Å². The molecule has 0 spiro atoms. The van der Waals surface area contributed by atoms with Crippen LogP contribution >= 0.6 is 0 Å². The largest absolute Gasteiger partial charge is 0.486 e. The zero-order valence-electron chi connectivity index (χ0n) is 19.0. The van der Waals surface area contributed by atoms with Crippen LogP contribution in [-0.2, 0) is 20.3 Å². The first kappa shape index (κ1) is 22.2. The highest BCUT2D eigenvalue weighted by Crippen LogP contribution is 2.39. The van der Waals surface area contributed by atoms with Gasteiger partial charge in [0.25, 0.3) is 0 Å². The molecule has 0 unspecified atom stereocenters. The summed E-state index contributed by atoms with van der Waals surface area (Å²) in [6.07, 6.45) is 4.60. The highest BCUT2D eigenvalue weighted by atomic mass is 19.4. The van der Waals surface area contributed by atoms with Gasteiger partial charge in [-0.1, -0.05) is 0 Å². The number of anilines is 1. The summed E-state index contributed by atoms with van der Waals surface area (Å²) in [5.41, 5.74) is 1.68. The Morgan fingerprint density at radius 3 is 2.44 bits per heavy atom. The van der Waals surface area contributed by atoms with E-state index in [4.69, 9.17) is 9.84 Å². The lowest BCUT2D eigenvalue weighted by molar-refractivity contribution is -0.143. The number of nitrogens with one attached hydrogen (secondary N) is 1. The molecular formula is C22H25F3N8O. The molecule has 4 heterocycles. The van der Waals surface area contributed by atoms with E-state index < -0.39 is 11.9 Å². The van der Waals surface area contributed by atoms with Gasteiger partial charge in [-0.2, -0.15) is 28.5 Å². The molecule has 12 heteroatoms. The lowest BCUT2D eigenvalue weighted by Gasteiger charge is -2.29. The zero-order valence-corrected chi connectivity index (χ0v) is 19.0. The molecule has 1 fully saturated rings. The summed E-state index contributed by atoms with van der Waals surface area (Å²) in [7, 11) is 5.12. The molecule has 0 saturated heterocycles. The maximum Gasteiger partial charge on any atom is 0.438 e.